The summed E-state index contributed by atoms with van der Waals surface area (Å²) < 4.78 is 0. The zero-order chi connectivity index (χ0) is 14.4. The van der Waals surface area contributed by atoms with Gasteiger partial charge in [-0.25, -0.2) is 9.97 Å². The lowest BCUT2D eigenvalue weighted by Crippen LogP contribution is -2.29. The predicted octanol–water partition coefficient (Wildman–Crippen LogP) is 1.28. The van der Waals surface area contributed by atoms with Crippen molar-refractivity contribution in [3.8, 4) is 0 Å². The fourth-order valence-electron chi connectivity index (χ4n) is 1.63. The van der Waals surface area contributed by atoms with Crippen molar-refractivity contribution in [2.45, 2.75) is 26.7 Å². The van der Waals surface area contributed by atoms with Gasteiger partial charge in [0.15, 0.2) is 0 Å². The van der Waals surface area contributed by atoms with Gasteiger partial charge in [-0.2, -0.15) is 0 Å². The van der Waals surface area contributed by atoms with Gasteiger partial charge < -0.3 is 15.5 Å². The van der Waals surface area contributed by atoms with E-state index in [4.69, 9.17) is 0 Å². The highest BCUT2D eigenvalue weighted by Gasteiger charge is 2.11. The van der Waals surface area contributed by atoms with Gasteiger partial charge in [-0.05, 0) is 13.3 Å². The Labute approximate surface area is 114 Å². The molecule has 19 heavy (non-hydrogen) atoms. The third-order valence-electron chi connectivity index (χ3n) is 2.81. The van der Waals surface area contributed by atoms with Crippen LogP contribution < -0.4 is 10.6 Å². The molecule has 2 N–H and O–H groups in total. The first-order valence-corrected chi connectivity index (χ1v) is 6.48. The molecule has 0 atom stereocenters. The zero-order valence-corrected chi connectivity index (χ0v) is 12.4. The quantitative estimate of drug-likeness (QED) is 0.811. The van der Waals surface area contributed by atoms with Crippen LogP contribution in [0.5, 0.6) is 0 Å². The largest absolute Gasteiger partial charge is 0.373 e. The fraction of sp³-hybridized carbons (Fsp3) is 0.615. The van der Waals surface area contributed by atoms with Crippen LogP contribution in [-0.2, 0) is 11.2 Å². The second-order valence-corrected chi connectivity index (χ2v) is 4.60. The summed E-state index contributed by atoms with van der Waals surface area (Å²) in [4.78, 5) is 22.1. The molecule has 6 nitrogen and oxygen atoms in total. The molecule has 0 radical (unpaired) electrons. The van der Waals surface area contributed by atoms with Crippen LogP contribution in [0.4, 0.5) is 11.6 Å². The van der Waals surface area contributed by atoms with Crippen LogP contribution in [-0.4, -0.2) is 48.5 Å². The van der Waals surface area contributed by atoms with Crippen molar-refractivity contribution in [1.82, 2.24) is 14.9 Å². The lowest BCUT2D eigenvalue weighted by Gasteiger charge is -2.15. The van der Waals surface area contributed by atoms with Gasteiger partial charge in [0.2, 0.25) is 5.91 Å². The van der Waals surface area contributed by atoms with E-state index < -0.39 is 0 Å². The molecule has 0 saturated heterocycles. The first-order valence-electron chi connectivity index (χ1n) is 6.48. The number of anilines is 2. The summed E-state index contributed by atoms with van der Waals surface area (Å²) in [5.41, 5.74) is 0.925. The van der Waals surface area contributed by atoms with Gasteiger partial charge >= 0.3 is 0 Å². The highest BCUT2D eigenvalue weighted by molar-refractivity contribution is 5.80. The van der Waals surface area contributed by atoms with Gasteiger partial charge in [-0.3, -0.25) is 4.79 Å². The van der Waals surface area contributed by atoms with Gasteiger partial charge in [0.1, 0.15) is 17.5 Å². The number of likely N-dealkylation sites (N-methyl/N-ethyl adjacent to an activating group) is 1. The Kier molecular flexibility index (Phi) is 5.54. The summed E-state index contributed by atoms with van der Waals surface area (Å²) in [6.07, 6.45) is 1.81. The molecular formula is C13H23N5O. The SMILES string of the molecule is CCCc1nc(NC)c(C)c(NCC(=O)N(C)C)n1. The van der Waals surface area contributed by atoms with Crippen LogP contribution in [0.1, 0.15) is 24.7 Å². The topological polar surface area (TPSA) is 70.2 Å². The summed E-state index contributed by atoms with van der Waals surface area (Å²) in [7, 11) is 5.30. The van der Waals surface area contributed by atoms with E-state index >= 15 is 0 Å². The van der Waals surface area contributed by atoms with Crippen molar-refractivity contribution in [2.24, 2.45) is 0 Å². The molecular weight excluding hydrogens is 242 g/mol. The highest BCUT2D eigenvalue weighted by Crippen LogP contribution is 2.19. The van der Waals surface area contributed by atoms with Crippen LogP contribution in [0, 0.1) is 6.92 Å². The van der Waals surface area contributed by atoms with E-state index in [1.165, 1.54) is 0 Å². The highest BCUT2D eigenvalue weighted by atomic mass is 16.2. The normalized spacial score (nSPS) is 10.2. The molecule has 1 aromatic heterocycles. The van der Waals surface area contributed by atoms with E-state index in [1.807, 2.05) is 14.0 Å². The number of carbonyl (C=O) groups excluding carboxylic acids is 1. The molecule has 0 aliphatic heterocycles. The van der Waals surface area contributed by atoms with Gasteiger partial charge in [-0.15, -0.1) is 0 Å². The standard InChI is InChI=1S/C13H23N5O/c1-6-7-10-16-12(14-3)9(2)13(17-10)15-8-11(19)18(4)5/h6-8H2,1-5H3,(H2,14,15,16,17). The number of amides is 1. The molecule has 1 rings (SSSR count). The molecule has 1 aromatic rings. The molecule has 0 unspecified atom stereocenters. The summed E-state index contributed by atoms with van der Waals surface area (Å²) >= 11 is 0. The van der Waals surface area contributed by atoms with Crippen molar-refractivity contribution in [1.29, 1.82) is 0 Å². The molecule has 0 aliphatic carbocycles. The molecule has 0 saturated carbocycles. The summed E-state index contributed by atoms with van der Waals surface area (Å²) in [6, 6.07) is 0. The maximum absolute atomic E-state index is 11.6. The van der Waals surface area contributed by atoms with Crippen molar-refractivity contribution in [3.63, 3.8) is 0 Å². The van der Waals surface area contributed by atoms with E-state index in [1.54, 1.807) is 19.0 Å². The Morgan fingerprint density at radius 3 is 2.42 bits per heavy atom. The third-order valence-corrected chi connectivity index (χ3v) is 2.81. The molecule has 106 valence electrons. The average Bonchev–Trinajstić information content (AvgIpc) is 2.38. The van der Waals surface area contributed by atoms with E-state index in [2.05, 4.69) is 27.5 Å². The Morgan fingerprint density at radius 1 is 1.26 bits per heavy atom. The molecule has 6 heteroatoms. The molecule has 0 bridgehead atoms. The van der Waals surface area contributed by atoms with Crippen LogP contribution >= 0.6 is 0 Å². The van der Waals surface area contributed by atoms with Crippen molar-refractivity contribution in [3.05, 3.63) is 11.4 Å². The number of rotatable bonds is 6. The fourth-order valence-corrected chi connectivity index (χ4v) is 1.63. The number of nitrogens with zero attached hydrogens (tertiary/aromatic N) is 3. The number of hydrogen-bond donors (Lipinski definition) is 2. The minimum atomic E-state index is 0.0149. The first kappa shape index (κ1) is 15.2. The monoisotopic (exact) mass is 265 g/mol. The summed E-state index contributed by atoms with van der Waals surface area (Å²) in [6.45, 7) is 4.26. The first-order chi connectivity index (χ1) is 8.99. The Morgan fingerprint density at radius 2 is 1.89 bits per heavy atom. The van der Waals surface area contributed by atoms with Crippen LogP contribution in [0.2, 0.25) is 0 Å². The number of nitrogens with one attached hydrogen (secondary N) is 2. The Bertz CT molecular complexity index is 445. The zero-order valence-electron chi connectivity index (χ0n) is 12.4. The number of hydrogen-bond acceptors (Lipinski definition) is 5. The average molecular weight is 265 g/mol. The van der Waals surface area contributed by atoms with E-state index in [9.17, 15) is 4.79 Å². The second kappa shape index (κ2) is 6.92. The van der Waals surface area contributed by atoms with Crippen molar-refractivity contribution in [2.75, 3.05) is 38.3 Å². The van der Waals surface area contributed by atoms with Gasteiger partial charge in [0, 0.05) is 33.1 Å². The van der Waals surface area contributed by atoms with Gasteiger partial charge in [0.05, 0.1) is 6.54 Å². The molecule has 0 fully saturated rings. The van der Waals surface area contributed by atoms with E-state index in [-0.39, 0.29) is 12.5 Å². The smallest absolute Gasteiger partial charge is 0.241 e. The second-order valence-electron chi connectivity index (χ2n) is 4.60. The number of aryl methyl sites for hydroxylation is 1. The van der Waals surface area contributed by atoms with Crippen molar-refractivity contribution < 1.29 is 4.79 Å². The summed E-state index contributed by atoms with van der Waals surface area (Å²) in [5, 5.41) is 6.14. The van der Waals surface area contributed by atoms with E-state index in [0.29, 0.717) is 0 Å². The minimum Gasteiger partial charge on any atom is -0.373 e. The van der Waals surface area contributed by atoms with Crippen LogP contribution in [0.25, 0.3) is 0 Å². The molecule has 1 amide bonds. The molecule has 0 aliphatic rings. The van der Waals surface area contributed by atoms with Gasteiger partial charge in [-0.1, -0.05) is 6.92 Å². The maximum atomic E-state index is 11.6. The van der Waals surface area contributed by atoms with Crippen LogP contribution in [0.15, 0.2) is 0 Å². The number of carbonyl (C=O) groups is 1. The van der Waals surface area contributed by atoms with E-state index in [0.717, 1.165) is 35.9 Å². The molecule has 1 heterocycles. The van der Waals surface area contributed by atoms with Crippen LogP contribution in [0.3, 0.4) is 0 Å². The molecule has 0 spiro atoms. The Balaban J connectivity index is 2.91. The lowest BCUT2D eigenvalue weighted by molar-refractivity contribution is -0.126. The predicted molar refractivity (Wildman–Crippen MR) is 77.5 cm³/mol. The maximum Gasteiger partial charge on any atom is 0.241 e. The van der Waals surface area contributed by atoms with Gasteiger partial charge in [0.25, 0.3) is 0 Å². The van der Waals surface area contributed by atoms with Crippen molar-refractivity contribution >= 4 is 17.5 Å². The summed E-state index contributed by atoms with van der Waals surface area (Å²) in [5.74, 6) is 2.33. The third kappa shape index (κ3) is 4.08. The number of aromatic nitrogens is 2. The molecule has 0 aromatic carbocycles. The minimum absolute atomic E-state index is 0.0149. The lowest BCUT2D eigenvalue weighted by atomic mass is 10.2. The Hall–Kier alpha value is -1.85.